The highest BCUT2D eigenvalue weighted by Gasteiger charge is 2.24. The molecule has 0 unspecified atom stereocenters. The summed E-state index contributed by atoms with van der Waals surface area (Å²) in [5.74, 6) is -0.0594. The van der Waals surface area contributed by atoms with Gasteiger partial charge in [0.1, 0.15) is 5.69 Å². The number of allylic oxidation sites excluding steroid dienone is 1. The predicted octanol–water partition coefficient (Wildman–Crippen LogP) is 5.42. The molecule has 0 atom stereocenters. The van der Waals surface area contributed by atoms with Crippen molar-refractivity contribution in [3.63, 3.8) is 0 Å². The Kier molecular flexibility index (Phi) is 3.40. The second kappa shape index (κ2) is 5.78. The standard InChI is InChI=1S/C22H14N2OS/c1-13-6-8-14(9-7-13)26-19-12-18(25)21-20-16(10-11-23-22(19)20)15-4-2-3-5-17(15)24-21/h2-12H,1H3. The molecule has 1 aliphatic carbocycles. The third kappa shape index (κ3) is 2.34. The van der Waals surface area contributed by atoms with Crippen LogP contribution in [0, 0.1) is 6.92 Å². The van der Waals surface area contributed by atoms with Crippen molar-refractivity contribution < 1.29 is 4.79 Å². The molecule has 0 saturated heterocycles. The second-order valence-corrected chi connectivity index (χ2v) is 7.46. The van der Waals surface area contributed by atoms with Gasteiger partial charge in [0.15, 0.2) is 0 Å². The van der Waals surface area contributed by atoms with Crippen molar-refractivity contribution in [2.75, 3.05) is 0 Å². The van der Waals surface area contributed by atoms with Crippen LogP contribution in [0.2, 0.25) is 0 Å². The van der Waals surface area contributed by atoms with E-state index in [1.807, 2.05) is 36.5 Å². The molecule has 124 valence electrons. The summed E-state index contributed by atoms with van der Waals surface area (Å²) in [6, 6.07) is 18.2. The first-order valence-corrected chi connectivity index (χ1v) is 9.21. The van der Waals surface area contributed by atoms with Crippen molar-refractivity contribution in [1.82, 2.24) is 9.97 Å². The van der Waals surface area contributed by atoms with Crippen LogP contribution in [0.4, 0.5) is 0 Å². The van der Waals surface area contributed by atoms with Gasteiger partial charge in [0.05, 0.1) is 11.2 Å². The van der Waals surface area contributed by atoms with Crippen LogP contribution in [0.3, 0.4) is 0 Å². The summed E-state index contributed by atoms with van der Waals surface area (Å²) in [5.41, 5.74) is 3.38. The average molecular weight is 354 g/mol. The molecule has 0 radical (unpaired) electrons. The quantitative estimate of drug-likeness (QED) is 0.451. The van der Waals surface area contributed by atoms with Gasteiger partial charge >= 0.3 is 0 Å². The van der Waals surface area contributed by atoms with Gasteiger partial charge in [-0.05, 0) is 36.6 Å². The molecule has 0 N–H and O–H groups in total. The van der Waals surface area contributed by atoms with Crippen molar-refractivity contribution >= 4 is 44.1 Å². The number of nitrogens with zero attached hydrogens (tertiary/aromatic N) is 2. The number of ketones is 1. The highest BCUT2D eigenvalue weighted by Crippen LogP contribution is 2.41. The lowest BCUT2D eigenvalue weighted by Gasteiger charge is -2.17. The van der Waals surface area contributed by atoms with E-state index in [-0.39, 0.29) is 5.78 Å². The van der Waals surface area contributed by atoms with E-state index in [0.717, 1.165) is 37.2 Å². The van der Waals surface area contributed by atoms with E-state index >= 15 is 0 Å². The van der Waals surface area contributed by atoms with Gasteiger partial charge in [-0.3, -0.25) is 9.78 Å². The first kappa shape index (κ1) is 15.3. The fourth-order valence-electron chi connectivity index (χ4n) is 3.33. The Morgan fingerprint density at radius 2 is 1.69 bits per heavy atom. The van der Waals surface area contributed by atoms with Crippen LogP contribution >= 0.6 is 11.8 Å². The number of aromatic nitrogens is 2. The highest BCUT2D eigenvalue weighted by atomic mass is 32.2. The molecule has 0 aliphatic heterocycles. The van der Waals surface area contributed by atoms with Crippen molar-refractivity contribution in [3.05, 3.63) is 83.8 Å². The molecule has 2 heterocycles. The molecule has 0 amide bonds. The van der Waals surface area contributed by atoms with E-state index in [1.165, 1.54) is 5.56 Å². The van der Waals surface area contributed by atoms with Crippen molar-refractivity contribution in [1.29, 1.82) is 0 Å². The molecule has 26 heavy (non-hydrogen) atoms. The number of para-hydroxylation sites is 1. The summed E-state index contributed by atoms with van der Waals surface area (Å²) in [7, 11) is 0. The van der Waals surface area contributed by atoms with Crippen LogP contribution in [-0.4, -0.2) is 15.8 Å². The number of pyridine rings is 2. The summed E-state index contributed by atoms with van der Waals surface area (Å²) in [5, 5.41) is 2.93. The maximum absolute atomic E-state index is 12.8. The minimum absolute atomic E-state index is 0.0594. The van der Waals surface area contributed by atoms with Crippen molar-refractivity contribution in [2.24, 2.45) is 0 Å². The maximum Gasteiger partial charge on any atom is 0.206 e. The minimum Gasteiger partial charge on any atom is -0.287 e. The van der Waals surface area contributed by atoms with E-state index < -0.39 is 0 Å². The minimum atomic E-state index is -0.0594. The Bertz CT molecular complexity index is 1230. The molecular weight excluding hydrogens is 340 g/mol. The van der Waals surface area contributed by atoms with E-state index in [0.29, 0.717) is 5.69 Å². The second-order valence-electron chi connectivity index (χ2n) is 6.35. The van der Waals surface area contributed by atoms with Crippen LogP contribution in [0.25, 0.3) is 26.6 Å². The Balaban J connectivity index is 1.74. The molecule has 0 bridgehead atoms. The lowest BCUT2D eigenvalue weighted by atomic mass is 9.97. The summed E-state index contributed by atoms with van der Waals surface area (Å²) >= 11 is 1.57. The Morgan fingerprint density at radius 3 is 2.54 bits per heavy atom. The van der Waals surface area contributed by atoms with Gasteiger partial charge in [0.25, 0.3) is 0 Å². The maximum atomic E-state index is 12.8. The topological polar surface area (TPSA) is 42.9 Å². The lowest BCUT2D eigenvalue weighted by Crippen LogP contribution is -2.09. The summed E-state index contributed by atoms with van der Waals surface area (Å²) in [6.45, 7) is 2.06. The number of carbonyl (C=O) groups is 1. The van der Waals surface area contributed by atoms with Crippen LogP contribution in [-0.2, 0) is 0 Å². The Labute approximate surface area is 154 Å². The fourth-order valence-corrected chi connectivity index (χ4v) is 4.28. The molecule has 3 nitrogen and oxygen atoms in total. The zero-order valence-corrected chi connectivity index (χ0v) is 14.9. The van der Waals surface area contributed by atoms with Crippen LogP contribution in [0.1, 0.15) is 21.7 Å². The average Bonchev–Trinajstić information content (AvgIpc) is 2.67. The summed E-state index contributed by atoms with van der Waals surface area (Å²) in [6.07, 6.45) is 3.48. The monoisotopic (exact) mass is 354 g/mol. The fraction of sp³-hybridized carbons (Fsp3) is 0.0455. The Hall–Kier alpha value is -2.98. The molecule has 0 spiro atoms. The molecule has 4 aromatic rings. The summed E-state index contributed by atoms with van der Waals surface area (Å²) in [4.78, 5) is 24.0. The highest BCUT2D eigenvalue weighted by molar-refractivity contribution is 8.08. The predicted molar refractivity (Wildman–Crippen MR) is 106 cm³/mol. The molecule has 4 heteroatoms. The van der Waals surface area contributed by atoms with E-state index in [1.54, 1.807) is 17.8 Å². The number of aryl methyl sites for hydroxylation is 1. The molecule has 2 aromatic heterocycles. The molecule has 2 aromatic carbocycles. The third-order valence-electron chi connectivity index (χ3n) is 4.59. The van der Waals surface area contributed by atoms with E-state index in [9.17, 15) is 4.79 Å². The van der Waals surface area contributed by atoms with E-state index in [2.05, 4.69) is 41.2 Å². The smallest absolute Gasteiger partial charge is 0.206 e. The lowest BCUT2D eigenvalue weighted by molar-refractivity contribution is 0.104. The number of fused-ring (bicyclic) bond motifs is 2. The zero-order chi connectivity index (χ0) is 17.7. The molecular formula is C22H14N2OS. The van der Waals surface area contributed by atoms with Gasteiger partial charge in [0.2, 0.25) is 5.78 Å². The number of hydrogen-bond donors (Lipinski definition) is 0. The van der Waals surface area contributed by atoms with Crippen LogP contribution in [0.5, 0.6) is 0 Å². The number of thioether (sulfide) groups is 1. The van der Waals surface area contributed by atoms with Gasteiger partial charge < -0.3 is 0 Å². The van der Waals surface area contributed by atoms with Gasteiger partial charge in [-0.15, -0.1) is 0 Å². The number of benzene rings is 2. The molecule has 0 fully saturated rings. The number of carbonyl (C=O) groups excluding carboxylic acids is 1. The largest absolute Gasteiger partial charge is 0.287 e. The first-order valence-electron chi connectivity index (χ1n) is 8.39. The summed E-state index contributed by atoms with van der Waals surface area (Å²) < 4.78 is 0. The normalized spacial score (nSPS) is 13.3. The Morgan fingerprint density at radius 1 is 0.885 bits per heavy atom. The van der Waals surface area contributed by atoms with Crippen LogP contribution in [0.15, 0.2) is 71.8 Å². The molecule has 0 saturated carbocycles. The van der Waals surface area contributed by atoms with Gasteiger partial charge in [0, 0.05) is 32.8 Å². The van der Waals surface area contributed by atoms with Crippen LogP contribution < -0.4 is 0 Å². The number of hydrogen-bond acceptors (Lipinski definition) is 4. The van der Waals surface area contributed by atoms with E-state index in [4.69, 9.17) is 0 Å². The van der Waals surface area contributed by atoms with Gasteiger partial charge in [-0.2, -0.15) is 0 Å². The van der Waals surface area contributed by atoms with Gasteiger partial charge in [-0.1, -0.05) is 47.7 Å². The first-order chi connectivity index (χ1) is 12.7. The molecule has 5 rings (SSSR count). The molecule has 1 aliphatic rings. The van der Waals surface area contributed by atoms with Crippen molar-refractivity contribution in [3.8, 4) is 0 Å². The van der Waals surface area contributed by atoms with Gasteiger partial charge in [-0.25, -0.2) is 4.98 Å². The van der Waals surface area contributed by atoms with Crippen molar-refractivity contribution in [2.45, 2.75) is 11.8 Å². The number of rotatable bonds is 2. The SMILES string of the molecule is Cc1ccc(SC2=CC(=O)c3nc4ccccc4c4ccnc2c34)cc1. The zero-order valence-electron chi connectivity index (χ0n) is 14.1. The third-order valence-corrected chi connectivity index (χ3v) is 5.63.